The van der Waals surface area contributed by atoms with Gasteiger partial charge in [-0.2, -0.15) is 26.3 Å². The maximum absolute atomic E-state index is 12.8. The van der Waals surface area contributed by atoms with Crippen LogP contribution in [0.15, 0.2) is 36.4 Å². The van der Waals surface area contributed by atoms with Crippen LogP contribution in [0.3, 0.4) is 0 Å². The fourth-order valence-electron chi connectivity index (χ4n) is 2.01. The van der Waals surface area contributed by atoms with Crippen LogP contribution in [0.25, 0.3) is 0 Å². The number of amides is 1. The molecule has 1 amide bonds. The minimum atomic E-state index is -5.11. The van der Waals surface area contributed by atoms with Crippen molar-refractivity contribution in [1.82, 2.24) is 0 Å². The summed E-state index contributed by atoms with van der Waals surface area (Å²) >= 11 is 0. The van der Waals surface area contributed by atoms with Crippen LogP contribution in [0.1, 0.15) is 21.5 Å². The zero-order valence-electron chi connectivity index (χ0n) is 12.9. The van der Waals surface area contributed by atoms with Crippen molar-refractivity contribution in [3.05, 3.63) is 63.2 Å². The summed E-state index contributed by atoms with van der Waals surface area (Å²) in [6, 6.07) is 2.92. The molecule has 2 rings (SSSR count). The molecule has 0 spiro atoms. The third kappa shape index (κ3) is 4.65. The van der Waals surface area contributed by atoms with Gasteiger partial charge in [-0.05, 0) is 30.3 Å². The normalized spacial score (nSPS) is 11.9. The van der Waals surface area contributed by atoms with Gasteiger partial charge in [0.25, 0.3) is 0 Å². The Bertz CT molecular complexity index is 876. The molecule has 0 saturated heterocycles. The number of ether oxygens (including phenoxy) is 1. The van der Waals surface area contributed by atoms with Crippen molar-refractivity contribution >= 4 is 11.6 Å². The van der Waals surface area contributed by atoms with Crippen molar-refractivity contribution in [3.8, 4) is 11.5 Å². The molecular weight excluding hydrogens is 386 g/mol. The number of nitro groups is 1. The molecule has 0 saturated carbocycles. The summed E-state index contributed by atoms with van der Waals surface area (Å²) in [6.07, 6.45) is -10.2. The highest BCUT2D eigenvalue weighted by molar-refractivity contribution is 5.93. The van der Waals surface area contributed by atoms with Gasteiger partial charge in [0.05, 0.1) is 16.1 Å². The molecule has 2 aromatic rings. The first-order valence-corrected chi connectivity index (χ1v) is 6.84. The van der Waals surface area contributed by atoms with Crippen molar-refractivity contribution in [3.63, 3.8) is 0 Å². The number of nitrogens with zero attached hydrogens (tertiary/aromatic N) is 1. The molecule has 0 heterocycles. The number of alkyl halides is 6. The molecule has 6 nitrogen and oxygen atoms in total. The van der Waals surface area contributed by atoms with Crippen molar-refractivity contribution < 1.29 is 40.8 Å². The minimum Gasteiger partial charge on any atom is -0.450 e. The van der Waals surface area contributed by atoms with E-state index in [1.807, 2.05) is 0 Å². The molecule has 2 aromatic carbocycles. The predicted octanol–water partition coefficient (Wildman–Crippen LogP) is 4.52. The Hall–Kier alpha value is -3.31. The first-order valence-electron chi connectivity index (χ1n) is 6.84. The lowest BCUT2D eigenvalue weighted by atomic mass is 10.1. The molecule has 0 bridgehead atoms. The number of rotatable bonds is 4. The van der Waals surface area contributed by atoms with E-state index in [1.54, 1.807) is 0 Å². The van der Waals surface area contributed by atoms with Gasteiger partial charge in [-0.15, -0.1) is 0 Å². The predicted molar refractivity (Wildman–Crippen MR) is 78.1 cm³/mol. The highest BCUT2D eigenvalue weighted by atomic mass is 19.4. The Morgan fingerprint density at radius 3 is 1.89 bits per heavy atom. The zero-order chi connectivity index (χ0) is 20.6. The van der Waals surface area contributed by atoms with Crippen LogP contribution in [0, 0.1) is 10.1 Å². The highest BCUT2D eigenvalue weighted by Crippen LogP contribution is 2.40. The molecule has 0 aliphatic rings. The number of nitrogens with two attached hydrogens (primary N) is 1. The van der Waals surface area contributed by atoms with Crippen LogP contribution >= 0.6 is 0 Å². The molecule has 27 heavy (non-hydrogen) atoms. The van der Waals surface area contributed by atoms with E-state index >= 15 is 0 Å². The molecule has 0 aliphatic heterocycles. The van der Waals surface area contributed by atoms with Gasteiger partial charge in [0.15, 0.2) is 0 Å². The van der Waals surface area contributed by atoms with Gasteiger partial charge in [0.2, 0.25) is 11.7 Å². The summed E-state index contributed by atoms with van der Waals surface area (Å²) in [5.74, 6) is -2.62. The molecule has 0 aromatic heterocycles. The average Bonchev–Trinajstić information content (AvgIpc) is 2.52. The molecule has 2 N–H and O–H groups in total. The molecule has 0 radical (unpaired) electrons. The molecular formula is C15H8F6N2O4. The molecule has 0 atom stereocenters. The number of carbonyl (C=O) groups excluding carboxylic acids is 1. The van der Waals surface area contributed by atoms with E-state index in [4.69, 9.17) is 10.5 Å². The SMILES string of the molecule is NC(=O)c1ccc(Oc2cc(C(F)(F)F)cc(C(F)(F)F)c2)c([N+](=O)[O-])c1. The van der Waals surface area contributed by atoms with Gasteiger partial charge < -0.3 is 10.5 Å². The van der Waals surface area contributed by atoms with Crippen molar-refractivity contribution in [1.29, 1.82) is 0 Å². The van der Waals surface area contributed by atoms with Crippen LogP contribution in [0.5, 0.6) is 11.5 Å². The first-order chi connectivity index (χ1) is 12.3. The standard InChI is InChI=1S/C15H8F6N2O4/c16-14(17,18)8-4-9(15(19,20)21)6-10(5-8)27-12-2-1-7(13(22)24)3-11(12)23(25)26/h1-6H,(H2,22,24). The Kier molecular flexibility index (Phi) is 5.02. The third-order valence-electron chi connectivity index (χ3n) is 3.23. The topological polar surface area (TPSA) is 95.5 Å². The molecule has 0 fully saturated rings. The maximum Gasteiger partial charge on any atom is 0.416 e. The summed E-state index contributed by atoms with van der Waals surface area (Å²) in [4.78, 5) is 21.1. The van der Waals surface area contributed by atoms with E-state index in [0.717, 1.165) is 12.1 Å². The largest absolute Gasteiger partial charge is 0.450 e. The third-order valence-corrected chi connectivity index (χ3v) is 3.23. The van der Waals surface area contributed by atoms with Crippen LogP contribution in [0.2, 0.25) is 0 Å². The van der Waals surface area contributed by atoms with Crippen LogP contribution in [-0.4, -0.2) is 10.8 Å². The van der Waals surface area contributed by atoms with Gasteiger partial charge >= 0.3 is 18.0 Å². The van der Waals surface area contributed by atoms with Crippen molar-refractivity contribution in [2.45, 2.75) is 12.4 Å². The Labute approximate surface area is 146 Å². The Balaban J connectivity index is 2.57. The summed E-state index contributed by atoms with van der Waals surface area (Å²) in [6.45, 7) is 0. The number of primary amides is 1. The second-order valence-corrected chi connectivity index (χ2v) is 5.15. The lowest BCUT2D eigenvalue weighted by Crippen LogP contribution is -2.12. The van der Waals surface area contributed by atoms with Crippen LogP contribution < -0.4 is 10.5 Å². The van der Waals surface area contributed by atoms with Crippen LogP contribution in [-0.2, 0) is 12.4 Å². The first kappa shape index (κ1) is 20.0. The Morgan fingerprint density at radius 2 is 1.48 bits per heavy atom. The lowest BCUT2D eigenvalue weighted by Gasteiger charge is -2.14. The lowest BCUT2D eigenvalue weighted by molar-refractivity contribution is -0.385. The molecule has 0 unspecified atom stereocenters. The minimum absolute atomic E-state index is 0.114. The van der Waals surface area contributed by atoms with Crippen LogP contribution in [0.4, 0.5) is 32.0 Å². The number of hydrogen-bond acceptors (Lipinski definition) is 4. The van der Waals surface area contributed by atoms with E-state index in [0.29, 0.717) is 6.07 Å². The van der Waals surface area contributed by atoms with Gasteiger partial charge in [0, 0.05) is 11.6 Å². The second kappa shape index (κ2) is 6.78. The quantitative estimate of drug-likeness (QED) is 0.468. The summed E-state index contributed by atoms with van der Waals surface area (Å²) < 4.78 is 81.9. The molecule has 144 valence electrons. The van der Waals surface area contributed by atoms with E-state index in [9.17, 15) is 41.3 Å². The van der Waals surface area contributed by atoms with Gasteiger partial charge in [-0.1, -0.05) is 0 Å². The number of benzene rings is 2. The van der Waals surface area contributed by atoms with E-state index < -0.39 is 51.5 Å². The molecule has 12 heteroatoms. The van der Waals surface area contributed by atoms with Gasteiger partial charge in [-0.3, -0.25) is 14.9 Å². The monoisotopic (exact) mass is 394 g/mol. The zero-order valence-corrected chi connectivity index (χ0v) is 12.9. The second-order valence-electron chi connectivity index (χ2n) is 5.15. The summed E-state index contributed by atoms with van der Waals surface area (Å²) in [7, 11) is 0. The summed E-state index contributed by atoms with van der Waals surface area (Å²) in [5.41, 5.74) is 0.509. The van der Waals surface area contributed by atoms with Crippen molar-refractivity contribution in [2.24, 2.45) is 5.73 Å². The van der Waals surface area contributed by atoms with Gasteiger partial charge in [-0.25, -0.2) is 0 Å². The Morgan fingerprint density at radius 1 is 0.963 bits per heavy atom. The maximum atomic E-state index is 12.8. The van der Waals surface area contributed by atoms with E-state index in [-0.39, 0.29) is 23.8 Å². The summed E-state index contributed by atoms with van der Waals surface area (Å²) in [5, 5.41) is 11.1. The number of nitro benzene ring substituents is 1. The average molecular weight is 394 g/mol. The fraction of sp³-hybridized carbons (Fsp3) is 0.133. The van der Waals surface area contributed by atoms with Crippen molar-refractivity contribution in [2.75, 3.05) is 0 Å². The highest BCUT2D eigenvalue weighted by Gasteiger charge is 2.37. The van der Waals surface area contributed by atoms with E-state index in [1.165, 1.54) is 0 Å². The molecule has 0 aliphatic carbocycles. The van der Waals surface area contributed by atoms with E-state index in [2.05, 4.69) is 0 Å². The number of hydrogen-bond donors (Lipinski definition) is 1. The fourth-order valence-corrected chi connectivity index (χ4v) is 2.01. The number of carbonyl (C=O) groups is 1. The van der Waals surface area contributed by atoms with Gasteiger partial charge in [0.1, 0.15) is 5.75 Å². The number of halogens is 6. The smallest absolute Gasteiger partial charge is 0.416 e.